The van der Waals surface area contributed by atoms with Crippen molar-refractivity contribution in [3.8, 4) is 12.3 Å². The normalized spacial score (nSPS) is 10.9. The summed E-state index contributed by atoms with van der Waals surface area (Å²) in [6.07, 6.45) is 5.25. The number of nitrogen functional groups attached to an aromatic ring is 1. The Hall–Kier alpha value is -1.74. The van der Waals surface area contributed by atoms with Crippen molar-refractivity contribution in [3.05, 3.63) is 4.88 Å². The topological polar surface area (TPSA) is 71.2 Å². The maximum Gasteiger partial charge on any atom is 0.268 e. The average molecular weight is 280 g/mol. The number of hydrogen-bond acceptors (Lipinski definition) is 5. The van der Waals surface area contributed by atoms with E-state index < -0.39 is 0 Å². The number of carbonyl (C=O) groups is 1. The van der Waals surface area contributed by atoms with Gasteiger partial charge in [0.1, 0.15) is 10.7 Å². The van der Waals surface area contributed by atoms with Crippen LogP contribution in [-0.2, 0) is 0 Å². The van der Waals surface area contributed by atoms with Crippen molar-refractivity contribution in [2.24, 2.45) is 0 Å². The van der Waals surface area contributed by atoms with Gasteiger partial charge < -0.3 is 16.0 Å². The van der Waals surface area contributed by atoms with Gasteiger partial charge >= 0.3 is 0 Å². The van der Waals surface area contributed by atoms with E-state index in [-0.39, 0.29) is 23.8 Å². The second-order valence-electron chi connectivity index (χ2n) is 5.13. The fourth-order valence-corrected chi connectivity index (χ4v) is 2.50. The minimum atomic E-state index is -0.169. The third kappa shape index (κ3) is 4.14. The number of terminal acetylenes is 1. The Morgan fingerprint density at radius 2 is 2.21 bits per heavy atom. The van der Waals surface area contributed by atoms with Crippen LogP contribution in [0.4, 0.5) is 10.9 Å². The van der Waals surface area contributed by atoms with Crippen molar-refractivity contribution in [1.82, 2.24) is 9.88 Å². The van der Waals surface area contributed by atoms with Crippen LogP contribution in [0.3, 0.4) is 0 Å². The summed E-state index contributed by atoms with van der Waals surface area (Å²) < 4.78 is 0. The van der Waals surface area contributed by atoms with Crippen LogP contribution in [0.25, 0.3) is 0 Å². The van der Waals surface area contributed by atoms with E-state index in [2.05, 4.69) is 16.2 Å². The highest BCUT2D eigenvalue weighted by atomic mass is 32.1. The van der Waals surface area contributed by atoms with Gasteiger partial charge in [-0.2, -0.15) is 0 Å². The van der Waals surface area contributed by atoms with Gasteiger partial charge in [-0.1, -0.05) is 17.3 Å². The first-order valence-corrected chi connectivity index (χ1v) is 6.87. The largest absolute Gasteiger partial charge is 0.382 e. The molecule has 1 rings (SSSR count). The Morgan fingerprint density at radius 3 is 2.68 bits per heavy atom. The van der Waals surface area contributed by atoms with Gasteiger partial charge in [0.05, 0.1) is 6.54 Å². The van der Waals surface area contributed by atoms with Gasteiger partial charge in [-0.15, -0.1) is 6.42 Å². The number of thiazole rings is 1. The molecule has 0 unspecified atom stereocenters. The van der Waals surface area contributed by atoms with Gasteiger partial charge in [0, 0.05) is 12.1 Å². The quantitative estimate of drug-likeness (QED) is 0.828. The summed E-state index contributed by atoms with van der Waals surface area (Å²) >= 11 is 1.26. The number of rotatable bonds is 4. The van der Waals surface area contributed by atoms with Crippen LogP contribution in [0.15, 0.2) is 0 Å². The molecular formula is C13H20N4OS. The predicted octanol–water partition coefficient (Wildman–Crippen LogP) is 2.03. The molecule has 0 spiro atoms. The number of aromatic nitrogens is 1. The maximum atomic E-state index is 12.3. The van der Waals surface area contributed by atoms with Gasteiger partial charge in [-0.25, -0.2) is 4.98 Å². The molecule has 0 fully saturated rings. The molecule has 0 aliphatic heterocycles. The second kappa shape index (κ2) is 5.93. The first-order valence-electron chi connectivity index (χ1n) is 6.05. The van der Waals surface area contributed by atoms with Crippen LogP contribution in [0.1, 0.15) is 37.4 Å². The first kappa shape index (κ1) is 15.3. The molecule has 104 valence electrons. The maximum absolute atomic E-state index is 12.3. The summed E-state index contributed by atoms with van der Waals surface area (Å²) in [7, 11) is 0. The highest BCUT2D eigenvalue weighted by molar-refractivity contribution is 7.18. The molecule has 1 heterocycles. The summed E-state index contributed by atoms with van der Waals surface area (Å²) in [5.74, 6) is 2.55. The van der Waals surface area contributed by atoms with E-state index in [1.807, 2.05) is 27.7 Å². The zero-order chi connectivity index (χ0) is 14.6. The molecule has 0 bridgehead atoms. The summed E-state index contributed by atoms with van der Waals surface area (Å²) in [4.78, 5) is 18.4. The molecular weight excluding hydrogens is 260 g/mol. The predicted molar refractivity (Wildman–Crippen MR) is 80.3 cm³/mol. The van der Waals surface area contributed by atoms with E-state index in [4.69, 9.17) is 12.2 Å². The van der Waals surface area contributed by atoms with E-state index >= 15 is 0 Å². The van der Waals surface area contributed by atoms with Crippen molar-refractivity contribution < 1.29 is 4.79 Å². The Bertz CT molecular complexity index is 496. The number of anilines is 2. The summed E-state index contributed by atoms with van der Waals surface area (Å²) in [5.41, 5.74) is 5.68. The van der Waals surface area contributed by atoms with Crippen LogP contribution in [0, 0.1) is 12.3 Å². The van der Waals surface area contributed by atoms with Crippen LogP contribution in [0.5, 0.6) is 0 Å². The molecule has 0 saturated carbocycles. The number of nitrogens with two attached hydrogens (primary N) is 1. The molecule has 1 aromatic rings. The zero-order valence-corrected chi connectivity index (χ0v) is 12.6. The lowest BCUT2D eigenvalue weighted by Crippen LogP contribution is -2.31. The molecule has 1 aromatic heterocycles. The van der Waals surface area contributed by atoms with Crippen LogP contribution in [-0.4, -0.2) is 34.4 Å². The van der Waals surface area contributed by atoms with E-state index in [9.17, 15) is 4.79 Å². The third-order valence-electron chi connectivity index (χ3n) is 2.28. The lowest BCUT2D eigenvalue weighted by atomic mass is 10.1. The minimum Gasteiger partial charge on any atom is -0.382 e. The fourth-order valence-electron chi connectivity index (χ4n) is 1.44. The first-order chi connectivity index (χ1) is 8.78. The summed E-state index contributed by atoms with van der Waals surface area (Å²) in [5, 5.41) is 3.85. The Morgan fingerprint density at radius 1 is 1.58 bits per heavy atom. The smallest absolute Gasteiger partial charge is 0.268 e. The molecule has 6 heteroatoms. The lowest BCUT2D eigenvalue weighted by Gasteiger charge is -2.19. The number of hydrogen-bond donors (Lipinski definition) is 2. The third-order valence-corrected chi connectivity index (χ3v) is 3.26. The van der Waals surface area contributed by atoms with Gasteiger partial charge in [0.2, 0.25) is 0 Å². The SMILES string of the molecule is C#CCN(CC)C(=O)c1sc(NC(C)(C)C)nc1N. The second-order valence-corrected chi connectivity index (χ2v) is 6.13. The summed E-state index contributed by atoms with van der Waals surface area (Å²) in [6, 6.07) is 0. The number of carbonyl (C=O) groups excluding carboxylic acids is 1. The van der Waals surface area contributed by atoms with E-state index in [1.54, 1.807) is 4.90 Å². The standard InChI is InChI=1S/C13H20N4OS/c1-6-8-17(7-2)11(18)9-10(14)15-12(19-9)16-13(3,4)5/h1H,7-8,14H2,2-5H3,(H,15,16). The Kier molecular flexibility index (Phi) is 4.78. The van der Waals surface area contributed by atoms with E-state index in [1.165, 1.54) is 11.3 Å². The minimum absolute atomic E-state index is 0.131. The monoisotopic (exact) mass is 280 g/mol. The van der Waals surface area contributed by atoms with Gasteiger partial charge in [-0.3, -0.25) is 4.79 Å². The number of nitrogens with zero attached hydrogens (tertiary/aromatic N) is 2. The molecule has 5 nitrogen and oxygen atoms in total. The average Bonchev–Trinajstić information content (AvgIpc) is 2.63. The fraction of sp³-hybridized carbons (Fsp3) is 0.538. The van der Waals surface area contributed by atoms with Crippen LogP contribution < -0.4 is 11.1 Å². The molecule has 0 saturated heterocycles. The molecule has 0 aliphatic rings. The van der Waals surface area contributed by atoms with Gasteiger partial charge in [0.25, 0.3) is 5.91 Å². The highest BCUT2D eigenvalue weighted by Crippen LogP contribution is 2.28. The lowest BCUT2D eigenvalue weighted by molar-refractivity contribution is 0.0790. The number of amides is 1. The van der Waals surface area contributed by atoms with E-state index in [0.29, 0.717) is 16.6 Å². The highest BCUT2D eigenvalue weighted by Gasteiger charge is 2.22. The molecule has 0 aromatic carbocycles. The summed E-state index contributed by atoms with van der Waals surface area (Å²) in [6.45, 7) is 8.74. The van der Waals surface area contributed by atoms with Gasteiger partial charge in [0.15, 0.2) is 5.13 Å². The van der Waals surface area contributed by atoms with Crippen molar-refractivity contribution in [2.45, 2.75) is 33.2 Å². The van der Waals surface area contributed by atoms with Gasteiger partial charge in [-0.05, 0) is 27.7 Å². The van der Waals surface area contributed by atoms with Crippen molar-refractivity contribution in [3.63, 3.8) is 0 Å². The molecule has 0 atom stereocenters. The van der Waals surface area contributed by atoms with E-state index in [0.717, 1.165) is 0 Å². The van der Waals surface area contributed by atoms with Crippen molar-refractivity contribution in [2.75, 3.05) is 24.1 Å². The Balaban J connectivity index is 2.96. The molecule has 1 amide bonds. The van der Waals surface area contributed by atoms with Crippen molar-refractivity contribution >= 4 is 28.2 Å². The van der Waals surface area contributed by atoms with Crippen LogP contribution >= 0.6 is 11.3 Å². The Labute approximate surface area is 118 Å². The molecule has 0 radical (unpaired) electrons. The van der Waals surface area contributed by atoms with Crippen LogP contribution in [0.2, 0.25) is 0 Å². The van der Waals surface area contributed by atoms with Crippen molar-refractivity contribution in [1.29, 1.82) is 0 Å². The molecule has 3 N–H and O–H groups in total. The zero-order valence-electron chi connectivity index (χ0n) is 11.8. The molecule has 0 aliphatic carbocycles. The number of nitrogens with one attached hydrogen (secondary N) is 1. The molecule has 19 heavy (non-hydrogen) atoms.